The van der Waals surface area contributed by atoms with Crippen molar-refractivity contribution in [1.82, 2.24) is 9.97 Å². The Morgan fingerprint density at radius 3 is 2.41 bits per heavy atom. The van der Waals surface area contributed by atoms with Crippen molar-refractivity contribution in [2.45, 2.75) is 0 Å². The van der Waals surface area contributed by atoms with E-state index in [-0.39, 0.29) is 11.6 Å². The third kappa shape index (κ3) is 4.78. The maximum Gasteiger partial charge on any atom is 0.433 e. The monoisotopic (exact) mass is 403 g/mol. The molecule has 29 heavy (non-hydrogen) atoms. The zero-order chi connectivity index (χ0) is 20.1. The Labute approximate surface area is 166 Å². The molecule has 1 N–H and O–H groups in total. The number of hydrogen-bond donors (Lipinski definition) is 1. The molecule has 0 atom stereocenters. The molecule has 12 nitrogen and oxygen atoms in total. The fourth-order valence-electron chi connectivity index (χ4n) is 3.01. The average Bonchev–Trinajstić information content (AvgIpc) is 3.24. The van der Waals surface area contributed by atoms with Crippen LogP contribution in [0.15, 0.2) is 27.7 Å². The van der Waals surface area contributed by atoms with Gasteiger partial charge in [-0.3, -0.25) is 15.5 Å². The lowest BCUT2D eigenvalue weighted by atomic mass is 10.4. The Bertz CT molecular complexity index is 839. The summed E-state index contributed by atoms with van der Waals surface area (Å²) in [6, 6.07) is 4.57. The minimum atomic E-state index is -0.599. The van der Waals surface area contributed by atoms with Crippen LogP contribution < -0.4 is 15.2 Å². The van der Waals surface area contributed by atoms with Gasteiger partial charge in [-0.05, 0) is 6.07 Å². The topological polar surface area (TPSA) is 131 Å². The van der Waals surface area contributed by atoms with Crippen molar-refractivity contribution in [1.29, 1.82) is 0 Å². The number of ether oxygens (including phenoxy) is 2. The molecule has 0 aromatic carbocycles. The van der Waals surface area contributed by atoms with Gasteiger partial charge in [-0.15, -0.1) is 0 Å². The molecule has 0 radical (unpaired) electrons. The lowest BCUT2D eigenvalue weighted by Gasteiger charge is -2.31. The summed E-state index contributed by atoms with van der Waals surface area (Å²) in [5.41, 5.74) is 2.86. The van der Waals surface area contributed by atoms with Crippen LogP contribution in [0.2, 0.25) is 0 Å². The summed E-state index contributed by atoms with van der Waals surface area (Å²) in [5.74, 6) is 1.83. The van der Waals surface area contributed by atoms with Crippen molar-refractivity contribution in [3.63, 3.8) is 0 Å². The third-order valence-electron chi connectivity index (χ3n) is 4.49. The van der Waals surface area contributed by atoms with E-state index in [1.165, 1.54) is 18.3 Å². The van der Waals surface area contributed by atoms with E-state index in [1.54, 1.807) is 0 Å². The number of nitrogens with zero attached hydrogens (tertiary/aromatic N) is 6. The highest BCUT2D eigenvalue weighted by Gasteiger charge is 2.19. The molecule has 4 rings (SSSR count). The second-order valence-electron chi connectivity index (χ2n) is 6.41. The maximum atomic E-state index is 10.7. The molecule has 2 aromatic heterocycles. The highest BCUT2D eigenvalue weighted by atomic mass is 16.6. The number of nitrogens with one attached hydrogen (secondary N) is 1. The fraction of sp³-hybridized carbons (Fsp3) is 0.471. The summed E-state index contributed by atoms with van der Waals surface area (Å²) in [4.78, 5) is 23.6. The lowest BCUT2D eigenvalue weighted by Crippen LogP contribution is -2.39. The van der Waals surface area contributed by atoms with E-state index in [0.717, 1.165) is 18.9 Å². The summed E-state index contributed by atoms with van der Waals surface area (Å²) >= 11 is 0. The molecular weight excluding hydrogens is 382 g/mol. The summed E-state index contributed by atoms with van der Waals surface area (Å²) in [7, 11) is 0. The molecule has 2 saturated heterocycles. The van der Waals surface area contributed by atoms with Crippen molar-refractivity contribution < 1.29 is 18.8 Å². The average molecular weight is 403 g/mol. The molecule has 2 aromatic rings. The molecule has 0 saturated carbocycles. The Hall–Kier alpha value is -3.25. The standard InChI is InChI=1S/C17H21N7O5/c25-24(26)16-2-1-13(29-16)12-18-21-14-11-15(22-3-7-27-8-4-22)20-17(19-14)23-5-9-28-10-6-23/h1-2,11-12H,3-10H2,(H,19,20,21). The van der Waals surface area contributed by atoms with Gasteiger partial charge in [-0.2, -0.15) is 15.1 Å². The van der Waals surface area contributed by atoms with Crippen LogP contribution in [0.3, 0.4) is 0 Å². The zero-order valence-corrected chi connectivity index (χ0v) is 15.7. The second kappa shape index (κ2) is 8.84. The normalized spacial score (nSPS) is 17.7. The van der Waals surface area contributed by atoms with Gasteiger partial charge in [0.05, 0.1) is 38.7 Å². The van der Waals surface area contributed by atoms with Gasteiger partial charge < -0.3 is 23.7 Å². The predicted octanol–water partition coefficient (Wildman–Crippen LogP) is 1.10. The van der Waals surface area contributed by atoms with Crippen LogP contribution in [0, 0.1) is 10.1 Å². The van der Waals surface area contributed by atoms with Crippen molar-refractivity contribution >= 4 is 29.7 Å². The number of morpholine rings is 2. The molecular formula is C17H21N7O5. The molecule has 4 heterocycles. The SMILES string of the molecule is O=[N+]([O-])c1ccc(C=NNc2cc(N3CCOCC3)nc(N3CCOCC3)n2)o1. The van der Waals surface area contributed by atoms with Gasteiger partial charge in [0.25, 0.3) is 0 Å². The van der Waals surface area contributed by atoms with E-state index in [1.807, 2.05) is 6.07 Å². The molecule has 154 valence electrons. The molecule has 0 bridgehead atoms. The second-order valence-corrected chi connectivity index (χ2v) is 6.41. The Morgan fingerprint density at radius 2 is 1.76 bits per heavy atom. The Balaban J connectivity index is 1.53. The molecule has 2 aliphatic rings. The van der Waals surface area contributed by atoms with Crippen molar-refractivity contribution in [3.05, 3.63) is 34.1 Å². The van der Waals surface area contributed by atoms with Gasteiger partial charge >= 0.3 is 5.88 Å². The van der Waals surface area contributed by atoms with Crippen molar-refractivity contribution in [3.8, 4) is 0 Å². The fourth-order valence-corrected chi connectivity index (χ4v) is 3.01. The number of rotatable bonds is 6. The molecule has 0 spiro atoms. The van der Waals surface area contributed by atoms with Crippen LogP contribution in [-0.2, 0) is 9.47 Å². The maximum absolute atomic E-state index is 10.7. The quantitative estimate of drug-likeness (QED) is 0.425. The van der Waals surface area contributed by atoms with Crippen LogP contribution in [0.4, 0.5) is 23.5 Å². The summed E-state index contributed by atoms with van der Waals surface area (Å²) in [6.07, 6.45) is 1.36. The smallest absolute Gasteiger partial charge is 0.400 e. The van der Waals surface area contributed by atoms with Gasteiger partial charge in [-0.25, -0.2) is 0 Å². The van der Waals surface area contributed by atoms with Crippen LogP contribution >= 0.6 is 0 Å². The largest absolute Gasteiger partial charge is 0.433 e. The highest BCUT2D eigenvalue weighted by Crippen LogP contribution is 2.22. The summed E-state index contributed by atoms with van der Waals surface area (Å²) in [6.45, 7) is 5.48. The summed E-state index contributed by atoms with van der Waals surface area (Å²) < 4.78 is 15.9. The van der Waals surface area contributed by atoms with E-state index in [2.05, 4.69) is 25.3 Å². The van der Waals surface area contributed by atoms with Gasteiger partial charge in [-0.1, -0.05) is 0 Å². The molecule has 2 fully saturated rings. The van der Waals surface area contributed by atoms with Crippen molar-refractivity contribution in [2.24, 2.45) is 5.10 Å². The van der Waals surface area contributed by atoms with E-state index < -0.39 is 4.92 Å². The van der Waals surface area contributed by atoms with E-state index in [4.69, 9.17) is 18.9 Å². The number of anilines is 3. The number of nitro groups is 1. The first-order chi connectivity index (χ1) is 14.2. The molecule has 2 aliphatic heterocycles. The number of furan rings is 1. The van der Waals surface area contributed by atoms with E-state index >= 15 is 0 Å². The first-order valence-corrected chi connectivity index (χ1v) is 9.27. The van der Waals surface area contributed by atoms with Gasteiger partial charge in [0.15, 0.2) is 11.6 Å². The minimum Gasteiger partial charge on any atom is -0.400 e. The molecule has 0 unspecified atom stereocenters. The van der Waals surface area contributed by atoms with Gasteiger partial charge in [0.1, 0.15) is 10.7 Å². The lowest BCUT2D eigenvalue weighted by molar-refractivity contribution is -0.402. The third-order valence-corrected chi connectivity index (χ3v) is 4.49. The molecule has 0 aliphatic carbocycles. The number of hydrazone groups is 1. The summed E-state index contributed by atoms with van der Waals surface area (Å²) in [5, 5.41) is 14.8. The number of aromatic nitrogens is 2. The van der Waals surface area contributed by atoms with Crippen LogP contribution in [0.25, 0.3) is 0 Å². The Morgan fingerprint density at radius 1 is 1.07 bits per heavy atom. The first-order valence-electron chi connectivity index (χ1n) is 9.27. The Kier molecular flexibility index (Phi) is 5.81. The first kappa shape index (κ1) is 19.1. The van der Waals surface area contributed by atoms with E-state index in [9.17, 15) is 10.1 Å². The zero-order valence-electron chi connectivity index (χ0n) is 15.7. The van der Waals surface area contributed by atoms with Gasteiger partial charge in [0, 0.05) is 32.2 Å². The molecule has 12 heteroatoms. The molecule has 0 amide bonds. The van der Waals surface area contributed by atoms with Gasteiger partial charge in [0.2, 0.25) is 5.95 Å². The van der Waals surface area contributed by atoms with Crippen LogP contribution in [-0.4, -0.2) is 73.7 Å². The highest BCUT2D eigenvalue weighted by molar-refractivity contribution is 5.77. The van der Waals surface area contributed by atoms with E-state index in [0.29, 0.717) is 51.3 Å². The minimum absolute atomic E-state index is 0.264. The van der Waals surface area contributed by atoms with Crippen molar-refractivity contribution in [2.75, 3.05) is 67.8 Å². The van der Waals surface area contributed by atoms with Crippen LogP contribution in [0.1, 0.15) is 5.76 Å². The van der Waals surface area contributed by atoms with Crippen LogP contribution in [0.5, 0.6) is 0 Å². The predicted molar refractivity (Wildman–Crippen MR) is 105 cm³/mol. The number of hydrogen-bond acceptors (Lipinski definition) is 11.